The quantitative estimate of drug-likeness (QED) is 0.802. The highest BCUT2D eigenvalue weighted by atomic mass is 16.5. The third-order valence-corrected chi connectivity index (χ3v) is 2.64. The van der Waals surface area contributed by atoms with Gasteiger partial charge in [-0.15, -0.1) is 0 Å². The van der Waals surface area contributed by atoms with Gasteiger partial charge >= 0.3 is 0 Å². The van der Waals surface area contributed by atoms with E-state index in [9.17, 15) is 10.2 Å². The Balaban J connectivity index is 3.30. The van der Waals surface area contributed by atoms with Crippen molar-refractivity contribution >= 4 is 0 Å². The van der Waals surface area contributed by atoms with Crippen molar-refractivity contribution in [1.29, 1.82) is 0 Å². The third kappa shape index (κ3) is 2.23. The molecule has 1 aromatic rings. The molecule has 0 unspecified atom stereocenters. The van der Waals surface area contributed by atoms with E-state index < -0.39 is 5.41 Å². The summed E-state index contributed by atoms with van der Waals surface area (Å²) in [5.74, 6) is 0.927. The van der Waals surface area contributed by atoms with E-state index in [0.717, 1.165) is 11.3 Å². The molecule has 0 amide bonds. The maximum absolute atomic E-state index is 9.81. The Kier molecular flexibility index (Phi) is 3.25. The Labute approximate surface area is 90.3 Å². The molecule has 0 spiro atoms. The summed E-state index contributed by atoms with van der Waals surface area (Å²) in [6, 6.07) is 3.44. The summed E-state index contributed by atoms with van der Waals surface area (Å²) in [4.78, 5) is 0. The third-order valence-electron chi connectivity index (χ3n) is 2.64. The molecule has 0 radical (unpaired) electrons. The van der Waals surface area contributed by atoms with Gasteiger partial charge in [-0.3, -0.25) is 0 Å². The van der Waals surface area contributed by atoms with E-state index in [4.69, 9.17) is 4.74 Å². The Bertz CT molecular complexity index is 356. The highest BCUT2D eigenvalue weighted by Crippen LogP contribution is 2.35. The number of hydrogen-bond acceptors (Lipinski definition) is 3. The second kappa shape index (κ2) is 4.11. The fourth-order valence-corrected chi connectivity index (χ4v) is 1.52. The lowest BCUT2D eigenvalue weighted by Crippen LogP contribution is -2.22. The fourth-order valence-electron chi connectivity index (χ4n) is 1.52. The van der Waals surface area contributed by atoms with Gasteiger partial charge in [0.1, 0.15) is 11.5 Å². The molecular formula is C12H18O3. The molecule has 0 bridgehead atoms. The van der Waals surface area contributed by atoms with Crippen LogP contribution in [0.3, 0.4) is 0 Å². The number of aromatic hydroxyl groups is 1. The van der Waals surface area contributed by atoms with Gasteiger partial charge in [0, 0.05) is 11.0 Å². The molecule has 1 rings (SSSR count). The molecule has 84 valence electrons. The molecule has 1 aromatic carbocycles. The predicted octanol–water partition coefficient (Wildman–Crippen LogP) is 1.98. The second-order valence-corrected chi connectivity index (χ2v) is 4.38. The summed E-state index contributed by atoms with van der Waals surface area (Å²) >= 11 is 0. The average Bonchev–Trinajstić information content (AvgIpc) is 2.17. The monoisotopic (exact) mass is 210 g/mol. The number of aliphatic hydroxyl groups is 1. The lowest BCUT2D eigenvalue weighted by molar-refractivity contribution is 0.215. The summed E-state index contributed by atoms with van der Waals surface area (Å²) in [6.07, 6.45) is 0. The normalized spacial score (nSPS) is 11.5. The molecule has 2 N–H and O–H groups in total. The first-order valence-corrected chi connectivity index (χ1v) is 4.91. The van der Waals surface area contributed by atoms with Crippen molar-refractivity contribution in [2.75, 3.05) is 13.7 Å². The van der Waals surface area contributed by atoms with Gasteiger partial charge in [-0.25, -0.2) is 0 Å². The second-order valence-electron chi connectivity index (χ2n) is 4.38. The number of rotatable bonds is 3. The first-order chi connectivity index (χ1) is 6.92. The van der Waals surface area contributed by atoms with Crippen molar-refractivity contribution in [3.63, 3.8) is 0 Å². The highest BCUT2D eigenvalue weighted by molar-refractivity contribution is 5.48. The average molecular weight is 210 g/mol. The zero-order valence-corrected chi connectivity index (χ0v) is 9.66. The Morgan fingerprint density at radius 1 is 1.33 bits per heavy atom. The van der Waals surface area contributed by atoms with Crippen LogP contribution >= 0.6 is 0 Å². The van der Waals surface area contributed by atoms with Crippen LogP contribution in [0.25, 0.3) is 0 Å². The summed E-state index contributed by atoms with van der Waals surface area (Å²) in [5, 5.41) is 19.1. The lowest BCUT2D eigenvalue weighted by atomic mass is 9.84. The molecule has 0 atom stereocenters. The molecule has 0 aliphatic rings. The van der Waals surface area contributed by atoms with Gasteiger partial charge in [0.25, 0.3) is 0 Å². The number of hydrogen-bond donors (Lipinski definition) is 2. The molecule has 3 heteroatoms. The van der Waals surface area contributed by atoms with Crippen molar-refractivity contribution < 1.29 is 14.9 Å². The van der Waals surface area contributed by atoms with Crippen molar-refractivity contribution in [3.05, 3.63) is 23.3 Å². The van der Waals surface area contributed by atoms with Crippen LogP contribution in [0.5, 0.6) is 11.5 Å². The van der Waals surface area contributed by atoms with E-state index in [-0.39, 0.29) is 12.4 Å². The first kappa shape index (κ1) is 11.9. The van der Waals surface area contributed by atoms with Crippen LogP contribution in [0.2, 0.25) is 0 Å². The minimum absolute atomic E-state index is 0.0211. The zero-order valence-electron chi connectivity index (χ0n) is 9.66. The van der Waals surface area contributed by atoms with Gasteiger partial charge in [-0.1, -0.05) is 13.8 Å². The van der Waals surface area contributed by atoms with Gasteiger partial charge < -0.3 is 14.9 Å². The molecule has 15 heavy (non-hydrogen) atoms. The van der Waals surface area contributed by atoms with Gasteiger partial charge in [0.2, 0.25) is 0 Å². The minimum Gasteiger partial charge on any atom is -0.508 e. The van der Waals surface area contributed by atoms with E-state index in [1.54, 1.807) is 19.2 Å². The molecule has 0 fully saturated rings. The molecule has 0 aliphatic carbocycles. The van der Waals surface area contributed by atoms with E-state index in [1.165, 1.54) is 0 Å². The maximum Gasteiger partial charge on any atom is 0.122 e. The number of aryl methyl sites for hydroxylation is 1. The van der Waals surface area contributed by atoms with Crippen molar-refractivity contribution in [2.24, 2.45) is 0 Å². The van der Waals surface area contributed by atoms with Crippen LogP contribution in [0, 0.1) is 6.92 Å². The maximum atomic E-state index is 9.81. The van der Waals surface area contributed by atoms with E-state index in [1.807, 2.05) is 20.8 Å². The van der Waals surface area contributed by atoms with Crippen LogP contribution in [0.1, 0.15) is 25.0 Å². The molecule has 0 saturated heterocycles. The number of phenolic OH excluding ortho intramolecular Hbond substituents is 1. The zero-order chi connectivity index (χ0) is 11.6. The largest absolute Gasteiger partial charge is 0.508 e. The van der Waals surface area contributed by atoms with E-state index in [0.29, 0.717) is 5.56 Å². The Hall–Kier alpha value is -1.22. The minimum atomic E-state index is -0.467. The van der Waals surface area contributed by atoms with Gasteiger partial charge in [-0.2, -0.15) is 0 Å². The summed E-state index contributed by atoms with van der Waals surface area (Å²) < 4.78 is 5.19. The van der Waals surface area contributed by atoms with Crippen molar-refractivity contribution in [2.45, 2.75) is 26.2 Å². The predicted molar refractivity (Wildman–Crippen MR) is 59.5 cm³/mol. The van der Waals surface area contributed by atoms with Crippen LogP contribution in [-0.4, -0.2) is 23.9 Å². The molecular weight excluding hydrogens is 192 g/mol. The van der Waals surface area contributed by atoms with E-state index >= 15 is 0 Å². The SMILES string of the molecule is COc1cc(C(C)(C)CO)c(O)cc1C. The van der Waals surface area contributed by atoms with Crippen LogP contribution in [0.4, 0.5) is 0 Å². The lowest BCUT2D eigenvalue weighted by Gasteiger charge is -2.24. The number of methoxy groups -OCH3 is 1. The van der Waals surface area contributed by atoms with Crippen LogP contribution < -0.4 is 4.74 Å². The number of aliphatic hydroxyl groups excluding tert-OH is 1. The van der Waals surface area contributed by atoms with Crippen LogP contribution in [0.15, 0.2) is 12.1 Å². The molecule has 0 aliphatic heterocycles. The summed E-state index contributed by atoms with van der Waals surface area (Å²) in [7, 11) is 1.59. The fraction of sp³-hybridized carbons (Fsp3) is 0.500. The van der Waals surface area contributed by atoms with Crippen LogP contribution in [-0.2, 0) is 5.41 Å². The first-order valence-electron chi connectivity index (χ1n) is 4.91. The smallest absolute Gasteiger partial charge is 0.122 e. The molecule has 0 aromatic heterocycles. The number of phenols is 1. The molecule has 3 nitrogen and oxygen atoms in total. The number of ether oxygens (including phenoxy) is 1. The summed E-state index contributed by atoms with van der Waals surface area (Å²) in [5.41, 5.74) is 1.12. The Morgan fingerprint density at radius 2 is 1.93 bits per heavy atom. The van der Waals surface area contributed by atoms with Gasteiger partial charge in [-0.05, 0) is 24.6 Å². The number of benzene rings is 1. The Morgan fingerprint density at radius 3 is 2.40 bits per heavy atom. The topological polar surface area (TPSA) is 49.7 Å². The van der Waals surface area contributed by atoms with Gasteiger partial charge in [0.05, 0.1) is 13.7 Å². The summed E-state index contributed by atoms with van der Waals surface area (Å²) in [6.45, 7) is 5.59. The van der Waals surface area contributed by atoms with Crippen molar-refractivity contribution in [1.82, 2.24) is 0 Å². The molecule has 0 heterocycles. The van der Waals surface area contributed by atoms with Crippen molar-refractivity contribution in [3.8, 4) is 11.5 Å². The van der Waals surface area contributed by atoms with E-state index in [2.05, 4.69) is 0 Å². The molecule has 0 saturated carbocycles. The standard InChI is InChI=1S/C12H18O3/c1-8-5-10(14)9(6-11(8)15-4)12(2,3)7-13/h5-6,13-14H,7H2,1-4H3. The highest BCUT2D eigenvalue weighted by Gasteiger charge is 2.24. The van der Waals surface area contributed by atoms with Gasteiger partial charge in [0.15, 0.2) is 0 Å².